The number of carbonyl (C=O) groups is 1. The van der Waals surface area contributed by atoms with Gasteiger partial charge < -0.3 is 13.9 Å². The second-order valence-electron chi connectivity index (χ2n) is 4.74. The summed E-state index contributed by atoms with van der Waals surface area (Å²) in [4.78, 5) is 32.6. The van der Waals surface area contributed by atoms with Crippen molar-refractivity contribution in [3.63, 3.8) is 0 Å². The first-order valence-electron chi connectivity index (χ1n) is 6.61. The summed E-state index contributed by atoms with van der Waals surface area (Å²) < 4.78 is 15.0. The topological polar surface area (TPSA) is 135 Å². The summed E-state index contributed by atoms with van der Waals surface area (Å²) in [5, 5.41) is 21.8. The standard InChI is InChI=1S/C14H7BrN2O8/c15-8(14(18)10-1-2-13(25-10)17(21)22)3-7-4-11-12(24-6-23-11)5-9(7)16(19)20/h1-5H,6H2/b8-3-. The van der Waals surface area contributed by atoms with E-state index in [1.165, 1.54) is 18.2 Å². The van der Waals surface area contributed by atoms with Gasteiger partial charge in [-0.1, -0.05) is 0 Å². The van der Waals surface area contributed by atoms with Crippen LogP contribution in [0.5, 0.6) is 11.5 Å². The van der Waals surface area contributed by atoms with Gasteiger partial charge in [0.2, 0.25) is 12.6 Å². The predicted molar refractivity (Wildman–Crippen MR) is 85.8 cm³/mol. The minimum Gasteiger partial charge on any atom is -0.454 e. The van der Waals surface area contributed by atoms with Crippen molar-refractivity contribution in [3.05, 3.63) is 60.3 Å². The first-order chi connectivity index (χ1) is 11.9. The Balaban J connectivity index is 1.97. The monoisotopic (exact) mass is 410 g/mol. The lowest BCUT2D eigenvalue weighted by atomic mass is 10.1. The van der Waals surface area contributed by atoms with Crippen LogP contribution >= 0.6 is 15.9 Å². The highest BCUT2D eigenvalue weighted by Crippen LogP contribution is 2.39. The lowest BCUT2D eigenvalue weighted by molar-refractivity contribution is -0.402. The number of benzene rings is 1. The molecule has 0 fully saturated rings. The van der Waals surface area contributed by atoms with Crippen LogP contribution in [0.2, 0.25) is 0 Å². The number of rotatable bonds is 5. The molecule has 10 nitrogen and oxygen atoms in total. The number of halogens is 1. The number of hydrogen-bond acceptors (Lipinski definition) is 8. The smallest absolute Gasteiger partial charge is 0.433 e. The van der Waals surface area contributed by atoms with Gasteiger partial charge in [0.25, 0.3) is 5.69 Å². The van der Waals surface area contributed by atoms with Crippen molar-refractivity contribution in [2.24, 2.45) is 0 Å². The second kappa shape index (κ2) is 6.36. The van der Waals surface area contributed by atoms with Crippen molar-refractivity contribution in [3.8, 4) is 11.5 Å². The molecule has 0 saturated carbocycles. The van der Waals surface area contributed by atoms with E-state index in [0.29, 0.717) is 5.75 Å². The average Bonchev–Trinajstić information content (AvgIpc) is 3.21. The van der Waals surface area contributed by atoms with Crippen LogP contribution in [0.15, 0.2) is 33.2 Å². The van der Waals surface area contributed by atoms with Gasteiger partial charge >= 0.3 is 5.88 Å². The van der Waals surface area contributed by atoms with E-state index in [0.717, 1.165) is 12.1 Å². The molecule has 1 aliphatic heterocycles. The molecule has 11 heteroatoms. The summed E-state index contributed by atoms with van der Waals surface area (Å²) in [6, 6.07) is 4.73. The molecule has 25 heavy (non-hydrogen) atoms. The summed E-state index contributed by atoms with van der Waals surface area (Å²) in [6.45, 7) is -0.0597. The Hall–Kier alpha value is -3.21. The molecule has 1 aliphatic rings. The maximum absolute atomic E-state index is 12.2. The van der Waals surface area contributed by atoms with Crippen molar-refractivity contribution in [1.82, 2.24) is 0 Å². The molecule has 1 aromatic carbocycles. The lowest BCUT2D eigenvalue weighted by Crippen LogP contribution is -1.98. The average molecular weight is 411 g/mol. The van der Waals surface area contributed by atoms with Gasteiger partial charge in [0.05, 0.1) is 27.1 Å². The zero-order chi connectivity index (χ0) is 18.1. The summed E-state index contributed by atoms with van der Waals surface area (Å²) in [7, 11) is 0. The van der Waals surface area contributed by atoms with Gasteiger partial charge in [0, 0.05) is 0 Å². The van der Waals surface area contributed by atoms with Gasteiger partial charge in [0.15, 0.2) is 17.3 Å². The van der Waals surface area contributed by atoms with Crippen LogP contribution in [0.1, 0.15) is 16.1 Å². The van der Waals surface area contributed by atoms with E-state index in [9.17, 15) is 25.0 Å². The number of carbonyl (C=O) groups excluding carboxylic acids is 1. The molecule has 0 spiro atoms. The van der Waals surface area contributed by atoms with Crippen LogP contribution < -0.4 is 9.47 Å². The highest BCUT2D eigenvalue weighted by atomic mass is 79.9. The molecule has 0 radical (unpaired) electrons. The minimum atomic E-state index is -0.781. The lowest BCUT2D eigenvalue weighted by Gasteiger charge is -2.02. The van der Waals surface area contributed by atoms with Crippen LogP contribution in [0.3, 0.4) is 0 Å². The molecular formula is C14H7BrN2O8. The number of furan rings is 1. The van der Waals surface area contributed by atoms with Crippen LogP contribution in [0.4, 0.5) is 11.6 Å². The van der Waals surface area contributed by atoms with E-state index in [1.807, 2.05) is 0 Å². The highest BCUT2D eigenvalue weighted by Gasteiger charge is 2.24. The van der Waals surface area contributed by atoms with Crippen molar-refractivity contribution < 1.29 is 28.5 Å². The fourth-order valence-electron chi connectivity index (χ4n) is 2.09. The number of ether oxygens (including phenoxy) is 2. The summed E-state index contributed by atoms with van der Waals surface area (Å²) in [6.07, 6.45) is 1.21. The minimum absolute atomic E-state index is 0.0597. The van der Waals surface area contributed by atoms with Gasteiger partial charge in [0.1, 0.15) is 4.92 Å². The third-order valence-electron chi connectivity index (χ3n) is 3.21. The van der Waals surface area contributed by atoms with Crippen LogP contribution in [-0.2, 0) is 0 Å². The van der Waals surface area contributed by atoms with Crippen LogP contribution in [0.25, 0.3) is 6.08 Å². The third-order valence-corrected chi connectivity index (χ3v) is 3.80. The highest BCUT2D eigenvalue weighted by molar-refractivity contribution is 9.12. The van der Waals surface area contributed by atoms with E-state index in [-0.39, 0.29) is 34.0 Å². The number of fused-ring (bicyclic) bond motifs is 1. The predicted octanol–water partition coefficient (Wildman–Crippen LogP) is 3.44. The molecule has 2 heterocycles. The Morgan fingerprint density at radius 1 is 1.12 bits per heavy atom. The molecule has 0 N–H and O–H groups in total. The van der Waals surface area contributed by atoms with Gasteiger partial charge in [-0.05, 0) is 34.1 Å². The third kappa shape index (κ3) is 3.21. The number of hydrogen-bond donors (Lipinski definition) is 0. The molecule has 1 aromatic heterocycles. The molecular weight excluding hydrogens is 404 g/mol. The summed E-state index contributed by atoms with van der Waals surface area (Å²) in [5.41, 5.74) is -0.199. The molecule has 128 valence electrons. The van der Waals surface area contributed by atoms with Crippen LogP contribution in [-0.4, -0.2) is 22.4 Å². The van der Waals surface area contributed by atoms with E-state index in [1.54, 1.807) is 0 Å². The molecule has 0 atom stereocenters. The Kier molecular flexibility index (Phi) is 4.23. The van der Waals surface area contributed by atoms with Gasteiger partial charge in [-0.15, -0.1) is 0 Å². The van der Waals surface area contributed by atoms with Crippen molar-refractivity contribution >= 4 is 39.4 Å². The Morgan fingerprint density at radius 2 is 1.80 bits per heavy atom. The Labute approximate surface area is 147 Å². The molecule has 0 bridgehead atoms. The quantitative estimate of drug-likeness (QED) is 0.316. The maximum Gasteiger partial charge on any atom is 0.433 e. The summed E-state index contributed by atoms with van der Waals surface area (Å²) >= 11 is 3.01. The van der Waals surface area contributed by atoms with Crippen molar-refractivity contribution in [2.75, 3.05) is 6.79 Å². The summed E-state index contributed by atoms with van der Waals surface area (Å²) in [5.74, 6) is -1.04. The van der Waals surface area contributed by atoms with E-state index < -0.39 is 21.5 Å². The SMILES string of the molecule is O=C(/C(Br)=C/c1cc2c(cc1[N+](=O)[O-])OCO2)c1ccc([N+](=O)[O-])o1. The number of Topliss-reactive ketones (excluding diaryl/α,β-unsaturated/α-hetero) is 1. The van der Waals surface area contributed by atoms with E-state index in [4.69, 9.17) is 13.9 Å². The Bertz CT molecular complexity index is 933. The number of nitro groups is 2. The fraction of sp³-hybridized carbons (Fsp3) is 0.0714. The number of nitro benzene ring substituents is 1. The zero-order valence-corrected chi connectivity index (χ0v) is 13.7. The van der Waals surface area contributed by atoms with Crippen molar-refractivity contribution in [1.29, 1.82) is 0 Å². The van der Waals surface area contributed by atoms with Gasteiger partial charge in [-0.3, -0.25) is 25.0 Å². The molecule has 0 saturated heterocycles. The Morgan fingerprint density at radius 3 is 2.40 bits per heavy atom. The number of ketones is 1. The number of allylic oxidation sites excluding steroid dienone is 1. The van der Waals surface area contributed by atoms with E-state index >= 15 is 0 Å². The fourth-order valence-corrected chi connectivity index (χ4v) is 2.53. The normalized spacial score (nSPS) is 12.9. The van der Waals surface area contributed by atoms with Crippen molar-refractivity contribution in [2.45, 2.75) is 0 Å². The number of nitrogens with zero attached hydrogens (tertiary/aromatic N) is 2. The van der Waals surface area contributed by atoms with Gasteiger partial charge in [-0.2, -0.15) is 0 Å². The second-order valence-corrected chi connectivity index (χ2v) is 5.59. The maximum atomic E-state index is 12.2. The first kappa shape index (κ1) is 16.6. The molecule has 0 amide bonds. The van der Waals surface area contributed by atoms with Crippen LogP contribution in [0, 0.1) is 20.2 Å². The zero-order valence-electron chi connectivity index (χ0n) is 12.1. The first-order valence-corrected chi connectivity index (χ1v) is 7.40. The van der Waals surface area contributed by atoms with E-state index in [2.05, 4.69) is 15.9 Å². The van der Waals surface area contributed by atoms with Gasteiger partial charge in [-0.25, -0.2) is 0 Å². The molecule has 0 unspecified atom stereocenters. The molecule has 0 aliphatic carbocycles. The largest absolute Gasteiger partial charge is 0.454 e. The molecule has 2 aromatic rings. The molecule has 3 rings (SSSR count).